The Morgan fingerprint density at radius 3 is 2.35 bits per heavy atom. The third-order valence-electron chi connectivity index (χ3n) is 5.88. The lowest BCUT2D eigenvalue weighted by Crippen LogP contribution is -2.53. The minimum absolute atomic E-state index is 0.110. The van der Waals surface area contributed by atoms with E-state index >= 15 is 0 Å². The van der Waals surface area contributed by atoms with E-state index in [-0.39, 0.29) is 11.5 Å². The number of hydrogen-bond donors (Lipinski definition) is 0. The zero-order valence-electron chi connectivity index (χ0n) is 18.2. The van der Waals surface area contributed by atoms with Crippen LogP contribution in [0.2, 0.25) is 0 Å². The second kappa shape index (κ2) is 8.77. The normalized spacial score (nSPS) is 15.3. The van der Waals surface area contributed by atoms with E-state index in [4.69, 9.17) is 0 Å². The summed E-state index contributed by atoms with van der Waals surface area (Å²) in [4.78, 5) is 31.9. The van der Waals surface area contributed by atoms with Crippen molar-refractivity contribution in [2.75, 3.05) is 26.2 Å². The van der Waals surface area contributed by atoms with Gasteiger partial charge in [-0.05, 0) is 44.5 Å². The first-order chi connectivity index (χ1) is 14.8. The van der Waals surface area contributed by atoms with Gasteiger partial charge in [0.25, 0.3) is 5.56 Å². The topological polar surface area (TPSA) is 58.4 Å². The molecule has 1 amide bonds. The fourth-order valence-corrected chi connectivity index (χ4v) is 4.74. The maximum absolute atomic E-state index is 13.2. The number of aryl methyl sites for hydroxylation is 1. The smallest absolute Gasteiger partial charge is 0.268 e. The Morgan fingerprint density at radius 1 is 1.00 bits per heavy atom. The van der Waals surface area contributed by atoms with Gasteiger partial charge in [0.2, 0.25) is 5.91 Å². The summed E-state index contributed by atoms with van der Waals surface area (Å²) in [5.74, 6) is 0.142. The van der Waals surface area contributed by atoms with Crippen molar-refractivity contribution in [3.63, 3.8) is 0 Å². The summed E-state index contributed by atoms with van der Waals surface area (Å²) >= 11 is 1.67. The van der Waals surface area contributed by atoms with Gasteiger partial charge in [-0.1, -0.05) is 30.3 Å². The predicted octanol–water partition coefficient (Wildman–Crippen LogP) is 3.36. The monoisotopic (exact) mass is 436 g/mol. The molecule has 6 nitrogen and oxygen atoms in total. The number of nitrogens with zero attached hydrogens (tertiary/aromatic N) is 4. The maximum atomic E-state index is 13.2. The van der Waals surface area contributed by atoms with Crippen LogP contribution in [0.1, 0.15) is 24.3 Å². The number of rotatable bonds is 5. The van der Waals surface area contributed by atoms with Gasteiger partial charge in [-0.2, -0.15) is 5.10 Å². The van der Waals surface area contributed by atoms with Gasteiger partial charge in [-0.15, -0.1) is 11.3 Å². The van der Waals surface area contributed by atoms with Crippen LogP contribution >= 0.6 is 11.3 Å². The van der Waals surface area contributed by atoms with Gasteiger partial charge in [0, 0.05) is 37.1 Å². The zero-order valence-corrected chi connectivity index (χ0v) is 19.1. The molecule has 0 aliphatic carbocycles. The maximum Gasteiger partial charge on any atom is 0.268 e. The first-order valence-corrected chi connectivity index (χ1v) is 11.4. The average Bonchev–Trinajstić information content (AvgIpc) is 3.22. The van der Waals surface area contributed by atoms with Gasteiger partial charge >= 0.3 is 0 Å². The molecule has 3 aromatic rings. The third kappa shape index (κ3) is 4.62. The molecule has 1 saturated heterocycles. The number of amides is 1. The molecule has 0 spiro atoms. The number of aromatic nitrogens is 2. The molecule has 1 aliphatic rings. The lowest BCUT2D eigenvalue weighted by atomic mass is 9.83. The van der Waals surface area contributed by atoms with Crippen LogP contribution in [-0.4, -0.2) is 51.7 Å². The highest BCUT2D eigenvalue weighted by Gasteiger charge is 2.35. The Kier molecular flexibility index (Phi) is 6.07. The van der Waals surface area contributed by atoms with Crippen molar-refractivity contribution in [2.45, 2.75) is 32.9 Å². The minimum Gasteiger partial charge on any atom is -0.339 e. The van der Waals surface area contributed by atoms with E-state index in [1.54, 1.807) is 23.5 Å². The number of benzene rings is 1. The first kappa shape index (κ1) is 21.5. The molecular formula is C24H28N4O2S. The van der Waals surface area contributed by atoms with Crippen LogP contribution in [0, 0.1) is 6.92 Å². The molecule has 0 atom stereocenters. The molecule has 0 radical (unpaired) electrons. The predicted molar refractivity (Wildman–Crippen MR) is 124 cm³/mol. The Morgan fingerprint density at radius 2 is 1.71 bits per heavy atom. The summed E-state index contributed by atoms with van der Waals surface area (Å²) in [6.07, 6.45) is 0. The summed E-state index contributed by atoms with van der Waals surface area (Å²) in [5.41, 5.74) is 1.17. The van der Waals surface area contributed by atoms with E-state index in [1.165, 1.54) is 9.56 Å². The van der Waals surface area contributed by atoms with Crippen LogP contribution in [0.3, 0.4) is 0 Å². The van der Waals surface area contributed by atoms with E-state index in [1.807, 2.05) is 55.1 Å². The van der Waals surface area contributed by atoms with Gasteiger partial charge in [-0.25, -0.2) is 4.68 Å². The first-order valence-electron chi connectivity index (χ1n) is 10.6. The largest absolute Gasteiger partial charge is 0.339 e. The van der Waals surface area contributed by atoms with Gasteiger partial charge in [0.1, 0.15) is 5.69 Å². The summed E-state index contributed by atoms with van der Waals surface area (Å²) < 4.78 is 1.52. The summed E-state index contributed by atoms with van der Waals surface area (Å²) in [6, 6.07) is 17.4. The molecule has 0 bridgehead atoms. The number of hydrogen-bond acceptors (Lipinski definition) is 5. The van der Waals surface area contributed by atoms with Crippen LogP contribution < -0.4 is 5.56 Å². The van der Waals surface area contributed by atoms with Crippen LogP contribution in [0.4, 0.5) is 0 Å². The second-order valence-corrected chi connectivity index (χ2v) is 9.80. The Balaban J connectivity index is 1.41. The van der Waals surface area contributed by atoms with Crippen LogP contribution in [0.15, 0.2) is 59.4 Å². The van der Waals surface area contributed by atoms with E-state index < -0.39 is 5.41 Å². The highest BCUT2D eigenvalue weighted by molar-refractivity contribution is 7.15. The van der Waals surface area contributed by atoms with Crippen molar-refractivity contribution in [2.24, 2.45) is 0 Å². The van der Waals surface area contributed by atoms with Crippen molar-refractivity contribution in [1.29, 1.82) is 0 Å². The van der Waals surface area contributed by atoms with Crippen LogP contribution in [0.5, 0.6) is 0 Å². The molecule has 3 heterocycles. The van der Waals surface area contributed by atoms with E-state index in [0.29, 0.717) is 32.8 Å². The van der Waals surface area contributed by atoms with Gasteiger partial charge < -0.3 is 4.90 Å². The fraction of sp³-hybridized carbons (Fsp3) is 0.375. The summed E-state index contributed by atoms with van der Waals surface area (Å²) in [5, 5.41) is 4.58. The molecule has 1 fully saturated rings. The third-order valence-corrected chi connectivity index (χ3v) is 6.91. The summed E-state index contributed by atoms with van der Waals surface area (Å²) in [6.45, 7) is 9.18. The summed E-state index contributed by atoms with van der Waals surface area (Å²) in [7, 11) is 0. The van der Waals surface area contributed by atoms with E-state index in [9.17, 15) is 9.59 Å². The molecule has 2 aromatic heterocycles. The zero-order chi connectivity index (χ0) is 22.0. The molecule has 162 valence electrons. The van der Waals surface area contributed by atoms with E-state index in [2.05, 4.69) is 23.0 Å². The fourth-order valence-electron chi connectivity index (χ4n) is 3.91. The molecule has 0 saturated carbocycles. The average molecular weight is 437 g/mol. The standard InChI is InChI=1S/C24H28N4O2S/c1-18-9-11-21(31-18)20-10-12-22(29)28(25-20)17-26-13-15-27(16-14-26)23(30)24(2,3)19-7-5-4-6-8-19/h4-12H,13-17H2,1-3H3. The van der Waals surface area contributed by atoms with E-state index in [0.717, 1.165) is 16.1 Å². The minimum atomic E-state index is -0.560. The molecule has 0 N–H and O–H groups in total. The van der Waals surface area contributed by atoms with Gasteiger partial charge in [0.15, 0.2) is 0 Å². The Bertz CT molecular complexity index is 1110. The highest BCUT2D eigenvalue weighted by Crippen LogP contribution is 2.27. The molecular weight excluding hydrogens is 408 g/mol. The Labute approximate surface area is 186 Å². The van der Waals surface area contributed by atoms with Crippen molar-refractivity contribution < 1.29 is 4.79 Å². The van der Waals surface area contributed by atoms with Crippen molar-refractivity contribution in [3.8, 4) is 10.6 Å². The van der Waals surface area contributed by atoms with Crippen LogP contribution in [-0.2, 0) is 16.9 Å². The van der Waals surface area contributed by atoms with Crippen molar-refractivity contribution in [1.82, 2.24) is 19.6 Å². The second-order valence-electron chi connectivity index (χ2n) is 8.51. The van der Waals surface area contributed by atoms with Crippen LogP contribution in [0.25, 0.3) is 10.6 Å². The van der Waals surface area contributed by atoms with Crippen molar-refractivity contribution >= 4 is 17.2 Å². The van der Waals surface area contributed by atoms with Crippen molar-refractivity contribution in [3.05, 3.63) is 75.4 Å². The molecule has 31 heavy (non-hydrogen) atoms. The quantitative estimate of drug-likeness (QED) is 0.615. The molecule has 1 aliphatic heterocycles. The molecule has 4 rings (SSSR count). The number of carbonyl (C=O) groups excluding carboxylic acids is 1. The molecule has 7 heteroatoms. The molecule has 0 unspecified atom stereocenters. The lowest BCUT2D eigenvalue weighted by Gasteiger charge is -2.38. The highest BCUT2D eigenvalue weighted by atomic mass is 32.1. The number of piperazine rings is 1. The molecule has 1 aromatic carbocycles. The lowest BCUT2D eigenvalue weighted by molar-refractivity contribution is -0.138. The van der Waals surface area contributed by atoms with Gasteiger partial charge in [-0.3, -0.25) is 14.5 Å². The number of carbonyl (C=O) groups is 1. The number of thiophene rings is 1. The van der Waals surface area contributed by atoms with Gasteiger partial charge in [0.05, 0.1) is 17.0 Å². The SMILES string of the molecule is Cc1ccc(-c2ccc(=O)n(CN3CCN(C(=O)C(C)(C)c4ccccc4)CC3)n2)s1. The Hall–Kier alpha value is -2.77.